The smallest absolute Gasteiger partial charge is 0.0463 e. The van der Waals surface area contributed by atoms with Crippen LogP contribution in [0, 0.1) is 6.92 Å². The van der Waals surface area contributed by atoms with E-state index in [-0.39, 0.29) is 6.04 Å². The van der Waals surface area contributed by atoms with E-state index in [1.807, 2.05) is 0 Å². The minimum absolute atomic E-state index is 0.197. The van der Waals surface area contributed by atoms with Crippen molar-refractivity contribution >= 4 is 27.3 Å². The first-order valence-corrected chi connectivity index (χ1v) is 7.62. The number of hydrogen-bond donors (Lipinski definition) is 2. The standard InChI is InChI=1S/C14H17BrN2S/c1-10-7-11(9-12(15)8-10)14(17-16)5-4-13-3-2-6-18-13/h2-3,6-9,14,17H,4-5,16H2,1H3. The van der Waals surface area contributed by atoms with Gasteiger partial charge in [0.15, 0.2) is 0 Å². The van der Waals surface area contributed by atoms with Crippen molar-refractivity contribution in [1.82, 2.24) is 5.43 Å². The third-order valence-corrected chi connectivity index (χ3v) is 4.32. The molecule has 4 heteroatoms. The Bertz CT molecular complexity index is 476. The van der Waals surface area contributed by atoms with Crippen LogP contribution in [0.4, 0.5) is 0 Å². The van der Waals surface area contributed by atoms with Crippen LogP contribution >= 0.6 is 27.3 Å². The minimum atomic E-state index is 0.197. The van der Waals surface area contributed by atoms with Crippen LogP contribution in [0.1, 0.15) is 28.5 Å². The molecule has 0 aliphatic carbocycles. The van der Waals surface area contributed by atoms with Crippen molar-refractivity contribution in [2.45, 2.75) is 25.8 Å². The monoisotopic (exact) mass is 324 g/mol. The Hall–Kier alpha value is -0.680. The van der Waals surface area contributed by atoms with Gasteiger partial charge in [-0.3, -0.25) is 11.3 Å². The second-order valence-electron chi connectivity index (χ2n) is 4.40. The van der Waals surface area contributed by atoms with E-state index in [1.165, 1.54) is 16.0 Å². The van der Waals surface area contributed by atoms with Gasteiger partial charge in [0.1, 0.15) is 0 Å². The molecule has 0 bridgehead atoms. The van der Waals surface area contributed by atoms with E-state index >= 15 is 0 Å². The summed E-state index contributed by atoms with van der Waals surface area (Å²) < 4.78 is 1.11. The summed E-state index contributed by atoms with van der Waals surface area (Å²) in [5, 5.41) is 2.11. The topological polar surface area (TPSA) is 38.0 Å². The van der Waals surface area contributed by atoms with Gasteiger partial charge in [0.05, 0.1) is 0 Å². The fourth-order valence-electron chi connectivity index (χ4n) is 2.05. The Morgan fingerprint density at radius 3 is 2.83 bits per heavy atom. The molecule has 2 nitrogen and oxygen atoms in total. The third-order valence-electron chi connectivity index (χ3n) is 2.93. The van der Waals surface area contributed by atoms with Crippen molar-refractivity contribution in [1.29, 1.82) is 0 Å². The highest BCUT2D eigenvalue weighted by atomic mass is 79.9. The van der Waals surface area contributed by atoms with Crippen LogP contribution in [0.25, 0.3) is 0 Å². The largest absolute Gasteiger partial charge is 0.271 e. The van der Waals surface area contributed by atoms with Crippen molar-refractivity contribution in [3.63, 3.8) is 0 Å². The number of halogens is 1. The van der Waals surface area contributed by atoms with Crippen LogP contribution in [0.5, 0.6) is 0 Å². The van der Waals surface area contributed by atoms with Gasteiger partial charge in [-0.15, -0.1) is 11.3 Å². The van der Waals surface area contributed by atoms with Gasteiger partial charge >= 0.3 is 0 Å². The van der Waals surface area contributed by atoms with Crippen LogP contribution in [-0.2, 0) is 6.42 Å². The van der Waals surface area contributed by atoms with Crippen molar-refractivity contribution in [3.05, 3.63) is 56.2 Å². The van der Waals surface area contributed by atoms with Gasteiger partial charge in [0.25, 0.3) is 0 Å². The summed E-state index contributed by atoms with van der Waals surface area (Å²) in [6, 6.07) is 10.9. The fourth-order valence-corrected chi connectivity index (χ4v) is 3.40. The van der Waals surface area contributed by atoms with Gasteiger partial charge in [-0.25, -0.2) is 0 Å². The highest BCUT2D eigenvalue weighted by Gasteiger charge is 2.11. The number of nitrogens with one attached hydrogen (secondary N) is 1. The molecule has 2 aromatic rings. The molecule has 0 amide bonds. The van der Waals surface area contributed by atoms with E-state index in [4.69, 9.17) is 5.84 Å². The molecule has 3 N–H and O–H groups in total. The Morgan fingerprint density at radius 2 is 2.22 bits per heavy atom. The van der Waals surface area contributed by atoms with Gasteiger partial charge in [0, 0.05) is 15.4 Å². The third kappa shape index (κ3) is 3.65. The molecule has 1 aromatic heterocycles. The number of hydrogen-bond acceptors (Lipinski definition) is 3. The molecule has 0 saturated carbocycles. The van der Waals surface area contributed by atoms with Gasteiger partial charge in [-0.2, -0.15) is 0 Å². The Balaban J connectivity index is 2.07. The summed E-state index contributed by atoms with van der Waals surface area (Å²) >= 11 is 5.33. The highest BCUT2D eigenvalue weighted by molar-refractivity contribution is 9.10. The second kappa shape index (κ2) is 6.48. The summed E-state index contributed by atoms with van der Waals surface area (Å²) in [6.45, 7) is 2.10. The molecule has 0 aliphatic heterocycles. The zero-order chi connectivity index (χ0) is 13.0. The summed E-state index contributed by atoms with van der Waals surface area (Å²) in [5.74, 6) is 5.68. The molecule has 0 aliphatic rings. The lowest BCUT2D eigenvalue weighted by Crippen LogP contribution is -2.28. The number of hydrazine groups is 1. The summed E-state index contributed by atoms with van der Waals surface area (Å²) in [6.07, 6.45) is 2.06. The molecule has 1 unspecified atom stereocenters. The lowest BCUT2D eigenvalue weighted by atomic mass is 10.0. The fraction of sp³-hybridized carbons (Fsp3) is 0.286. The minimum Gasteiger partial charge on any atom is -0.271 e. The van der Waals surface area contributed by atoms with Gasteiger partial charge in [-0.05, 0) is 54.5 Å². The predicted octanol–water partition coefficient (Wildman–Crippen LogP) is 3.96. The number of benzene rings is 1. The number of rotatable bonds is 5. The van der Waals surface area contributed by atoms with Crippen molar-refractivity contribution < 1.29 is 0 Å². The molecule has 1 heterocycles. The van der Waals surface area contributed by atoms with Gasteiger partial charge < -0.3 is 0 Å². The van der Waals surface area contributed by atoms with Crippen LogP contribution in [0.2, 0.25) is 0 Å². The van der Waals surface area contributed by atoms with E-state index in [1.54, 1.807) is 11.3 Å². The lowest BCUT2D eigenvalue weighted by Gasteiger charge is -2.17. The number of thiophene rings is 1. The highest BCUT2D eigenvalue weighted by Crippen LogP contribution is 2.24. The molecular weight excluding hydrogens is 308 g/mol. The van der Waals surface area contributed by atoms with Gasteiger partial charge in [0.2, 0.25) is 0 Å². The Morgan fingerprint density at radius 1 is 1.39 bits per heavy atom. The molecule has 1 atom stereocenters. The SMILES string of the molecule is Cc1cc(Br)cc(C(CCc2cccs2)NN)c1. The molecular formula is C14H17BrN2S. The molecule has 0 saturated heterocycles. The molecule has 0 spiro atoms. The zero-order valence-electron chi connectivity index (χ0n) is 10.3. The van der Waals surface area contributed by atoms with E-state index in [0.717, 1.165) is 17.3 Å². The average molecular weight is 325 g/mol. The predicted molar refractivity (Wildman–Crippen MR) is 81.6 cm³/mol. The molecule has 18 heavy (non-hydrogen) atoms. The maximum Gasteiger partial charge on any atom is 0.0463 e. The van der Waals surface area contributed by atoms with Crippen LogP contribution in [-0.4, -0.2) is 0 Å². The number of aryl methyl sites for hydroxylation is 2. The number of nitrogens with two attached hydrogens (primary N) is 1. The van der Waals surface area contributed by atoms with E-state index in [2.05, 4.69) is 64.0 Å². The van der Waals surface area contributed by atoms with Crippen LogP contribution < -0.4 is 11.3 Å². The van der Waals surface area contributed by atoms with E-state index in [9.17, 15) is 0 Å². The molecule has 2 rings (SSSR count). The normalized spacial score (nSPS) is 12.6. The first kappa shape index (κ1) is 13.7. The lowest BCUT2D eigenvalue weighted by molar-refractivity contribution is 0.517. The molecule has 96 valence electrons. The van der Waals surface area contributed by atoms with Crippen molar-refractivity contribution in [2.75, 3.05) is 0 Å². The second-order valence-corrected chi connectivity index (χ2v) is 6.35. The first-order valence-electron chi connectivity index (χ1n) is 5.94. The van der Waals surface area contributed by atoms with E-state index < -0.39 is 0 Å². The maximum atomic E-state index is 5.68. The van der Waals surface area contributed by atoms with Crippen molar-refractivity contribution in [3.8, 4) is 0 Å². The molecule has 0 fully saturated rings. The summed E-state index contributed by atoms with van der Waals surface area (Å²) in [5.41, 5.74) is 5.40. The molecule has 0 radical (unpaired) electrons. The molecule has 1 aromatic carbocycles. The summed E-state index contributed by atoms with van der Waals surface area (Å²) in [4.78, 5) is 1.40. The van der Waals surface area contributed by atoms with Gasteiger partial charge in [-0.1, -0.05) is 28.1 Å². The first-order chi connectivity index (χ1) is 8.69. The quantitative estimate of drug-likeness (QED) is 0.645. The average Bonchev–Trinajstić information content (AvgIpc) is 2.81. The van der Waals surface area contributed by atoms with Crippen LogP contribution in [0.15, 0.2) is 40.2 Å². The maximum absolute atomic E-state index is 5.68. The Kier molecular flexibility index (Phi) is 4.95. The summed E-state index contributed by atoms with van der Waals surface area (Å²) in [7, 11) is 0. The zero-order valence-corrected chi connectivity index (χ0v) is 12.7. The van der Waals surface area contributed by atoms with Crippen LogP contribution in [0.3, 0.4) is 0 Å². The van der Waals surface area contributed by atoms with E-state index in [0.29, 0.717) is 0 Å². The van der Waals surface area contributed by atoms with Crippen molar-refractivity contribution in [2.24, 2.45) is 5.84 Å². The Labute approximate surface area is 120 Å².